The zero-order valence-electron chi connectivity index (χ0n) is 18.0. The highest BCUT2D eigenvalue weighted by molar-refractivity contribution is 8.17. The molecule has 0 aromatic heterocycles. The van der Waals surface area contributed by atoms with Crippen molar-refractivity contribution in [2.75, 3.05) is 23.0 Å². The molecule has 1 aliphatic rings. The van der Waals surface area contributed by atoms with Gasteiger partial charge in [-0.05, 0) is 25.7 Å². The van der Waals surface area contributed by atoms with Gasteiger partial charge in [-0.15, -0.1) is 0 Å². The molecule has 1 rings (SSSR count). The fourth-order valence-corrected chi connectivity index (χ4v) is 6.45. The number of carbonyl (C=O) groups excluding carboxylic acids is 4. The van der Waals surface area contributed by atoms with Gasteiger partial charge in [0.2, 0.25) is 0 Å². The Bertz CT molecular complexity index is 435. The van der Waals surface area contributed by atoms with Crippen LogP contribution in [0.15, 0.2) is 0 Å². The van der Waals surface area contributed by atoms with Crippen LogP contribution in [0.25, 0.3) is 0 Å². The van der Waals surface area contributed by atoms with Crippen LogP contribution in [0.4, 0.5) is 0 Å². The predicted octanol–water partition coefficient (Wildman–Crippen LogP) is 6.50. The topological polar surface area (TPSA) is 68.3 Å². The average Bonchev–Trinajstić information content (AvgIpc) is 2.72. The van der Waals surface area contributed by atoms with Gasteiger partial charge in [0.15, 0.2) is 20.5 Å². The van der Waals surface area contributed by atoms with Crippen LogP contribution in [-0.4, -0.2) is 43.5 Å². The Kier molecular flexibility index (Phi) is 18.5. The van der Waals surface area contributed by atoms with Gasteiger partial charge in [-0.1, -0.05) is 85.6 Å². The molecule has 0 atom stereocenters. The summed E-state index contributed by atoms with van der Waals surface area (Å²) in [7, 11) is 0. The van der Waals surface area contributed by atoms with Gasteiger partial charge in [0, 0.05) is 48.7 Å². The molecule has 1 saturated heterocycles. The van der Waals surface area contributed by atoms with Crippen LogP contribution in [0.5, 0.6) is 0 Å². The summed E-state index contributed by atoms with van der Waals surface area (Å²) < 4.78 is 0. The monoisotopic (exact) mass is 492 g/mol. The summed E-state index contributed by atoms with van der Waals surface area (Å²) in [5, 5.41) is 0.916. The van der Waals surface area contributed by atoms with E-state index in [4.69, 9.17) is 0 Å². The smallest absolute Gasteiger partial charge is 0.188 e. The molecule has 4 nitrogen and oxygen atoms in total. The van der Waals surface area contributed by atoms with Gasteiger partial charge in [0.1, 0.15) is 0 Å². The van der Waals surface area contributed by atoms with Crippen molar-refractivity contribution in [3.63, 3.8) is 0 Å². The van der Waals surface area contributed by atoms with Crippen molar-refractivity contribution in [1.29, 1.82) is 0 Å². The fourth-order valence-electron chi connectivity index (χ4n) is 3.05. The molecule has 0 aromatic carbocycles. The Morgan fingerprint density at radius 2 is 0.533 bits per heavy atom. The zero-order chi connectivity index (χ0) is 21.9. The third-order valence-corrected chi connectivity index (χ3v) is 9.00. The minimum Gasteiger partial charge on any atom is -0.287 e. The summed E-state index contributed by atoms with van der Waals surface area (Å²) in [4.78, 5) is 47.5. The number of hydrogen-bond acceptors (Lipinski definition) is 8. The Morgan fingerprint density at radius 1 is 0.333 bits per heavy atom. The van der Waals surface area contributed by atoms with Crippen molar-refractivity contribution in [1.82, 2.24) is 0 Å². The van der Waals surface area contributed by atoms with E-state index in [1.54, 1.807) is 0 Å². The van der Waals surface area contributed by atoms with Crippen molar-refractivity contribution in [2.45, 2.75) is 89.9 Å². The van der Waals surface area contributed by atoms with Crippen molar-refractivity contribution in [3.8, 4) is 0 Å². The van der Waals surface area contributed by atoms with E-state index in [2.05, 4.69) is 0 Å². The Hall–Kier alpha value is 0.0800. The Morgan fingerprint density at radius 3 is 0.767 bits per heavy atom. The SMILES string of the molecule is O=C1CCCCCCCC(=O)SCCSC(=O)CCCCCCCC(=O)SCCS1. The Balaban J connectivity index is 2.27. The van der Waals surface area contributed by atoms with Crippen molar-refractivity contribution in [2.24, 2.45) is 0 Å². The lowest BCUT2D eigenvalue weighted by molar-refractivity contribution is -0.112. The first-order valence-electron chi connectivity index (χ1n) is 11.2. The fraction of sp³-hybridized carbons (Fsp3) is 0.818. The molecule has 30 heavy (non-hydrogen) atoms. The molecular weight excluding hydrogens is 457 g/mol. The standard InChI is InChI=1S/C22H36O4S4/c23-19-11-7-3-1-4-8-12-20(24)28-16-18-30-22(26)14-10-6-2-5-9-13-21(25)29-17-15-27-19/h1-18H2. The molecule has 0 unspecified atom stereocenters. The molecule has 1 heterocycles. The molecular formula is C22H36O4S4. The van der Waals surface area contributed by atoms with E-state index in [-0.39, 0.29) is 20.5 Å². The summed E-state index contributed by atoms with van der Waals surface area (Å²) >= 11 is 5.41. The molecule has 0 amide bonds. The van der Waals surface area contributed by atoms with E-state index in [0.29, 0.717) is 48.7 Å². The van der Waals surface area contributed by atoms with Gasteiger partial charge in [0.05, 0.1) is 0 Å². The number of carbonyl (C=O) groups is 4. The van der Waals surface area contributed by atoms with E-state index in [9.17, 15) is 19.2 Å². The second-order valence-electron chi connectivity index (χ2n) is 7.42. The minimum absolute atomic E-state index is 0.229. The number of thioether (sulfide) groups is 4. The van der Waals surface area contributed by atoms with Crippen molar-refractivity contribution in [3.05, 3.63) is 0 Å². The van der Waals surface area contributed by atoms with Crippen LogP contribution in [0.3, 0.4) is 0 Å². The summed E-state index contributed by atoms with van der Waals surface area (Å²) in [6.45, 7) is 0. The molecule has 0 aromatic rings. The number of rotatable bonds is 0. The summed E-state index contributed by atoms with van der Waals surface area (Å²) in [6.07, 6.45) is 12.3. The number of hydrogen-bond donors (Lipinski definition) is 0. The molecule has 8 heteroatoms. The molecule has 1 aliphatic heterocycles. The minimum atomic E-state index is 0.229. The lowest BCUT2D eigenvalue weighted by atomic mass is 10.1. The molecule has 0 radical (unpaired) electrons. The lowest BCUT2D eigenvalue weighted by Gasteiger charge is -2.04. The first-order chi connectivity index (χ1) is 14.6. The van der Waals surface area contributed by atoms with Crippen LogP contribution < -0.4 is 0 Å². The quantitative estimate of drug-likeness (QED) is 0.379. The first-order valence-corrected chi connectivity index (χ1v) is 15.1. The van der Waals surface area contributed by atoms with E-state index >= 15 is 0 Å². The maximum Gasteiger partial charge on any atom is 0.188 e. The van der Waals surface area contributed by atoms with Crippen LogP contribution in [0, 0.1) is 0 Å². The third kappa shape index (κ3) is 17.7. The lowest BCUT2D eigenvalue weighted by Crippen LogP contribution is -2.00. The highest BCUT2D eigenvalue weighted by Crippen LogP contribution is 2.19. The van der Waals surface area contributed by atoms with Crippen molar-refractivity contribution >= 4 is 67.5 Å². The molecule has 0 bridgehead atoms. The second-order valence-corrected chi connectivity index (χ2v) is 12.0. The van der Waals surface area contributed by atoms with Gasteiger partial charge in [-0.3, -0.25) is 19.2 Å². The van der Waals surface area contributed by atoms with Gasteiger partial charge >= 0.3 is 0 Å². The molecule has 0 N–H and O–H groups in total. The van der Waals surface area contributed by atoms with E-state index in [1.807, 2.05) is 0 Å². The van der Waals surface area contributed by atoms with Gasteiger partial charge in [0.25, 0.3) is 0 Å². The third-order valence-electron chi connectivity index (χ3n) is 4.74. The second kappa shape index (κ2) is 19.7. The molecule has 0 saturated carbocycles. The van der Waals surface area contributed by atoms with Crippen LogP contribution in [-0.2, 0) is 19.2 Å². The van der Waals surface area contributed by atoms with Crippen molar-refractivity contribution < 1.29 is 19.2 Å². The predicted molar refractivity (Wildman–Crippen MR) is 134 cm³/mol. The van der Waals surface area contributed by atoms with E-state index < -0.39 is 0 Å². The molecule has 0 spiro atoms. The largest absolute Gasteiger partial charge is 0.287 e. The maximum atomic E-state index is 11.9. The maximum absolute atomic E-state index is 11.9. The highest BCUT2D eigenvalue weighted by Gasteiger charge is 2.08. The van der Waals surface area contributed by atoms with E-state index in [0.717, 1.165) is 64.2 Å². The van der Waals surface area contributed by atoms with Crippen LogP contribution in [0.2, 0.25) is 0 Å². The van der Waals surface area contributed by atoms with Crippen LogP contribution >= 0.6 is 47.0 Å². The Labute approximate surface area is 199 Å². The molecule has 1 fully saturated rings. The summed E-state index contributed by atoms with van der Waals surface area (Å²) in [6, 6.07) is 0. The zero-order valence-corrected chi connectivity index (χ0v) is 21.3. The summed E-state index contributed by atoms with van der Waals surface area (Å²) in [5.41, 5.74) is 0. The van der Waals surface area contributed by atoms with E-state index in [1.165, 1.54) is 47.0 Å². The molecule has 172 valence electrons. The molecule has 0 aliphatic carbocycles. The van der Waals surface area contributed by atoms with Crippen LogP contribution in [0.1, 0.15) is 89.9 Å². The summed E-state index contributed by atoms with van der Waals surface area (Å²) in [5.74, 6) is 2.84. The van der Waals surface area contributed by atoms with Gasteiger partial charge in [-0.2, -0.15) is 0 Å². The van der Waals surface area contributed by atoms with Gasteiger partial charge in [-0.25, -0.2) is 0 Å². The van der Waals surface area contributed by atoms with Gasteiger partial charge < -0.3 is 0 Å². The first kappa shape index (κ1) is 28.1. The average molecular weight is 493 g/mol. The highest BCUT2D eigenvalue weighted by atomic mass is 32.2. The normalized spacial score (nSPS) is 22.7.